The lowest BCUT2D eigenvalue weighted by Crippen LogP contribution is -2.51. The number of alkyl halides is 3. The van der Waals surface area contributed by atoms with Crippen molar-refractivity contribution in [2.45, 2.75) is 55.0 Å². The van der Waals surface area contributed by atoms with Crippen LogP contribution in [0.3, 0.4) is 0 Å². The van der Waals surface area contributed by atoms with Gasteiger partial charge in [-0.15, -0.1) is 0 Å². The minimum atomic E-state index is -4.65. The molecule has 1 saturated heterocycles. The molecule has 0 bridgehead atoms. The number of sulfone groups is 1. The Morgan fingerprint density at radius 3 is 2.12 bits per heavy atom. The first kappa shape index (κ1) is 26.5. The molecule has 34 heavy (non-hydrogen) atoms. The third-order valence-electron chi connectivity index (χ3n) is 6.73. The predicted molar refractivity (Wildman–Crippen MR) is 123 cm³/mol. The average Bonchev–Trinajstić information content (AvgIpc) is 2.78. The average molecular weight is 518 g/mol. The van der Waals surface area contributed by atoms with E-state index in [4.69, 9.17) is 11.6 Å². The Morgan fingerprint density at radius 1 is 1.00 bits per heavy atom. The summed E-state index contributed by atoms with van der Waals surface area (Å²) in [5, 5.41) is 11.3. The number of aliphatic hydroxyl groups is 1. The lowest BCUT2D eigenvalue weighted by Gasteiger charge is -2.41. The third-order valence-corrected chi connectivity index (χ3v) is 9.56. The lowest BCUT2D eigenvalue weighted by molar-refractivity contribution is -0.152. The van der Waals surface area contributed by atoms with Gasteiger partial charge in [-0.3, -0.25) is 4.79 Å². The highest BCUT2D eigenvalue weighted by molar-refractivity contribution is 7.92. The third kappa shape index (κ3) is 4.97. The lowest BCUT2D eigenvalue weighted by atomic mass is 9.85. The summed E-state index contributed by atoms with van der Waals surface area (Å²) in [7, 11) is -4.10. The maximum atomic E-state index is 13.3. The monoisotopic (exact) mass is 517 g/mol. The van der Waals surface area contributed by atoms with Crippen LogP contribution in [0.5, 0.6) is 0 Å². The number of carbonyl (C=O) groups excluding carboxylic acids is 1. The highest BCUT2D eigenvalue weighted by Crippen LogP contribution is 2.40. The topological polar surface area (TPSA) is 74.7 Å². The van der Waals surface area contributed by atoms with Crippen LogP contribution in [-0.2, 0) is 26.4 Å². The molecule has 186 valence electrons. The molecule has 1 N–H and O–H groups in total. The second kappa shape index (κ2) is 9.17. The molecule has 2 aromatic rings. The summed E-state index contributed by atoms with van der Waals surface area (Å²) in [5.41, 5.74) is -2.48. The molecule has 5 nitrogen and oxygen atoms in total. The molecule has 0 aliphatic carbocycles. The highest BCUT2D eigenvalue weighted by atomic mass is 35.5. The van der Waals surface area contributed by atoms with E-state index in [1.165, 1.54) is 37.8 Å². The van der Waals surface area contributed by atoms with Crippen molar-refractivity contribution in [2.24, 2.45) is 5.92 Å². The van der Waals surface area contributed by atoms with E-state index in [1.807, 2.05) is 0 Å². The van der Waals surface area contributed by atoms with Gasteiger partial charge in [0.2, 0.25) is 0 Å². The number of hydrogen-bond donors (Lipinski definition) is 1. The van der Waals surface area contributed by atoms with Crippen molar-refractivity contribution in [3.05, 3.63) is 64.7 Å². The molecule has 1 fully saturated rings. The van der Waals surface area contributed by atoms with Gasteiger partial charge in [-0.05, 0) is 75.4 Å². The van der Waals surface area contributed by atoms with Crippen LogP contribution in [0, 0.1) is 5.92 Å². The number of amides is 1. The Labute approximate surface area is 202 Å². The van der Waals surface area contributed by atoms with Gasteiger partial charge in [0, 0.05) is 18.1 Å². The summed E-state index contributed by atoms with van der Waals surface area (Å²) in [5.74, 6) is -0.918. The van der Waals surface area contributed by atoms with Crippen LogP contribution in [-0.4, -0.2) is 42.2 Å². The summed E-state index contributed by atoms with van der Waals surface area (Å²) in [6.45, 7) is 4.82. The molecule has 1 aliphatic heterocycles. The summed E-state index contributed by atoms with van der Waals surface area (Å²) in [4.78, 5) is 14.1. The van der Waals surface area contributed by atoms with Crippen molar-refractivity contribution >= 4 is 27.3 Å². The van der Waals surface area contributed by atoms with Gasteiger partial charge in [-0.1, -0.05) is 29.8 Å². The molecule has 1 amide bonds. The summed E-state index contributed by atoms with van der Waals surface area (Å²) in [6, 6.07) is 10.1. The standard InChI is InChI=1S/C24H27ClF3NO4S/c1-22(2,34(32,33)20-9-5-7-18(15-20)24(26,27)28)16-10-12-29(13-11-16)21(30)23(3,31)17-6-4-8-19(25)14-17/h4-9,14-16,31H,10-13H2,1-3H3/t23-/m1/s1. The number of nitrogens with zero attached hydrogens (tertiary/aromatic N) is 1. The van der Waals surface area contributed by atoms with Gasteiger partial charge >= 0.3 is 6.18 Å². The molecule has 0 spiro atoms. The first-order chi connectivity index (χ1) is 15.6. The molecule has 2 aromatic carbocycles. The second-order valence-electron chi connectivity index (χ2n) is 9.28. The van der Waals surface area contributed by atoms with E-state index in [0.717, 1.165) is 12.1 Å². The number of carbonyl (C=O) groups is 1. The molecule has 0 unspecified atom stereocenters. The van der Waals surface area contributed by atoms with Gasteiger partial charge in [-0.25, -0.2) is 8.42 Å². The van der Waals surface area contributed by atoms with Crippen molar-refractivity contribution in [1.29, 1.82) is 0 Å². The van der Waals surface area contributed by atoms with Crippen molar-refractivity contribution < 1.29 is 31.5 Å². The largest absolute Gasteiger partial charge is 0.416 e. The molecular weight excluding hydrogens is 491 g/mol. The zero-order chi connectivity index (χ0) is 25.5. The van der Waals surface area contributed by atoms with Gasteiger partial charge < -0.3 is 10.0 Å². The van der Waals surface area contributed by atoms with Crippen LogP contribution in [0.4, 0.5) is 13.2 Å². The van der Waals surface area contributed by atoms with E-state index in [0.29, 0.717) is 29.5 Å². The molecule has 3 rings (SSSR count). The molecular formula is C24H27ClF3NO4S. The van der Waals surface area contributed by atoms with E-state index in [-0.39, 0.29) is 18.0 Å². The fraction of sp³-hybridized carbons (Fsp3) is 0.458. The fourth-order valence-corrected chi connectivity index (χ4v) is 6.38. The Bertz CT molecular complexity index is 1170. The van der Waals surface area contributed by atoms with Crippen molar-refractivity contribution in [2.75, 3.05) is 13.1 Å². The molecule has 1 atom stereocenters. The normalized spacial score (nSPS) is 17.9. The van der Waals surface area contributed by atoms with Crippen LogP contribution in [0.1, 0.15) is 44.7 Å². The number of rotatable bonds is 5. The summed E-state index contributed by atoms with van der Waals surface area (Å²) >= 11 is 5.98. The Morgan fingerprint density at radius 2 is 1.56 bits per heavy atom. The zero-order valence-corrected chi connectivity index (χ0v) is 20.6. The van der Waals surface area contributed by atoms with Crippen LogP contribution in [0.2, 0.25) is 5.02 Å². The highest BCUT2D eigenvalue weighted by Gasteiger charge is 2.46. The molecule has 1 heterocycles. The predicted octanol–water partition coefficient (Wildman–Crippen LogP) is 5.06. The summed E-state index contributed by atoms with van der Waals surface area (Å²) < 4.78 is 64.6. The number of piperidine rings is 1. The van der Waals surface area contributed by atoms with Crippen molar-refractivity contribution in [3.8, 4) is 0 Å². The molecule has 0 aromatic heterocycles. The van der Waals surface area contributed by atoms with Crippen LogP contribution in [0.15, 0.2) is 53.4 Å². The SMILES string of the molecule is CC(C)(C1CCN(C(=O)[C@](C)(O)c2cccc(Cl)c2)CC1)S(=O)(=O)c1cccc(C(F)(F)F)c1. The molecule has 1 aliphatic rings. The van der Waals surface area contributed by atoms with E-state index < -0.39 is 43.8 Å². The van der Waals surface area contributed by atoms with Gasteiger partial charge in [0.05, 0.1) is 15.2 Å². The maximum absolute atomic E-state index is 13.3. The van der Waals surface area contributed by atoms with Gasteiger partial charge in [0.1, 0.15) is 0 Å². The maximum Gasteiger partial charge on any atom is 0.416 e. The Hall–Kier alpha value is -2.10. The summed E-state index contributed by atoms with van der Waals surface area (Å²) in [6.07, 6.45) is -4.01. The minimum Gasteiger partial charge on any atom is -0.376 e. The van der Waals surface area contributed by atoms with Crippen LogP contribution < -0.4 is 0 Å². The first-order valence-electron chi connectivity index (χ1n) is 10.8. The first-order valence-corrected chi connectivity index (χ1v) is 12.6. The minimum absolute atomic E-state index is 0.210. The van der Waals surface area contributed by atoms with E-state index in [9.17, 15) is 31.5 Å². The van der Waals surface area contributed by atoms with Crippen LogP contribution >= 0.6 is 11.6 Å². The zero-order valence-electron chi connectivity index (χ0n) is 19.1. The van der Waals surface area contributed by atoms with E-state index >= 15 is 0 Å². The van der Waals surface area contributed by atoms with Crippen molar-refractivity contribution in [3.63, 3.8) is 0 Å². The van der Waals surface area contributed by atoms with Gasteiger partial charge in [-0.2, -0.15) is 13.2 Å². The van der Waals surface area contributed by atoms with Gasteiger partial charge in [0.15, 0.2) is 15.4 Å². The quantitative estimate of drug-likeness (QED) is 0.602. The Kier molecular flexibility index (Phi) is 7.14. The van der Waals surface area contributed by atoms with Crippen LogP contribution in [0.25, 0.3) is 0 Å². The van der Waals surface area contributed by atoms with Crippen molar-refractivity contribution in [1.82, 2.24) is 4.90 Å². The second-order valence-corrected chi connectivity index (χ2v) is 12.2. The van der Waals surface area contributed by atoms with E-state index in [1.54, 1.807) is 18.2 Å². The number of hydrogen-bond acceptors (Lipinski definition) is 4. The number of likely N-dealkylation sites (tertiary alicyclic amines) is 1. The van der Waals surface area contributed by atoms with Gasteiger partial charge in [0.25, 0.3) is 5.91 Å². The molecule has 10 heteroatoms. The molecule has 0 radical (unpaired) electrons. The number of benzene rings is 2. The Balaban J connectivity index is 1.77. The van der Waals surface area contributed by atoms with E-state index in [2.05, 4.69) is 0 Å². The smallest absolute Gasteiger partial charge is 0.376 e. The number of halogens is 4. The molecule has 0 saturated carbocycles. The fourth-order valence-electron chi connectivity index (χ4n) is 4.36.